The van der Waals surface area contributed by atoms with E-state index in [0.29, 0.717) is 0 Å². The van der Waals surface area contributed by atoms with Gasteiger partial charge in [0.05, 0.1) is 11.4 Å². The van der Waals surface area contributed by atoms with E-state index in [-0.39, 0.29) is 0 Å². The monoisotopic (exact) mass is 902 g/mol. The van der Waals surface area contributed by atoms with Crippen LogP contribution < -0.4 is 0 Å². The van der Waals surface area contributed by atoms with Crippen LogP contribution >= 0.6 is 22.7 Å². The van der Waals surface area contributed by atoms with E-state index >= 15 is 0 Å². The molecule has 9 aromatic carbocycles. The van der Waals surface area contributed by atoms with Gasteiger partial charge in [-0.25, -0.2) is 19.9 Å². The number of hydrogen-bond donors (Lipinski definition) is 0. The Labute approximate surface area is 401 Å². The van der Waals surface area contributed by atoms with Crippen LogP contribution in [0.3, 0.4) is 0 Å². The molecule has 0 radical (unpaired) electrons. The Bertz CT molecular complexity index is 3690. The highest BCUT2D eigenvalue weighted by molar-refractivity contribution is 7.26. The molecule has 0 N–H and O–H groups in total. The molecule has 0 amide bonds. The predicted octanol–water partition coefficient (Wildman–Crippen LogP) is 17.3. The maximum atomic E-state index is 5.28. The molecule has 0 saturated carbocycles. The van der Waals surface area contributed by atoms with E-state index < -0.39 is 0 Å². The molecule has 13 aromatic rings. The first kappa shape index (κ1) is 39.9. The van der Waals surface area contributed by atoms with Crippen LogP contribution in [0.1, 0.15) is 0 Å². The Morgan fingerprint density at radius 1 is 0.221 bits per heavy atom. The Morgan fingerprint density at radius 2 is 0.485 bits per heavy atom. The minimum absolute atomic E-state index is 0.728. The SMILES string of the molecule is c1ccc(-c2ccc(-c3nc(-c4ccc(-c5ccc(-c6ccc(-c7nc(-c8ccc(-c9ccccc9)cc8)nc8sc9ccccc9c78)cc6)cc5)cc4)c4c(n3)sc3ccccc34)cc2)cc1. The van der Waals surface area contributed by atoms with E-state index in [1.807, 2.05) is 12.1 Å². The van der Waals surface area contributed by atoms with Crippen LogP contribution in [0.25, 0.3) is 130 Å². The molecule has 13 rings (SSSR count). The molecule has 4 heterocycles. The number of aromatic nitrogens is 4. The predicted molar refractivity (Wildman–Crippen MR) is 287 cm³/mol. The summed E-state index contributed by atoms with van der Waals surface area (Å²) >= 11 is 3.44. The maximum absolute atomic E-state index is 5.28. The second-order valence-corrected chi connectivity index (χ2v) is 19.0. The summed E-state index contributed by atoms with van der Waals surface area (Å²) < 4.78 is 2.41. The van der Waals surface area contributed by atoms with Gasteiger partial charge in [-0.05, 0) is 56.6 Å². The molecule has 0 aliphatic rings. The van der Waals surface area contributed by atoms with E-state index in [9.17, 15) is 0 Å². The van der Waals surface area contributed by atoms with Crippen LogP contribution in [0.15, 0.2) is 231 Å². The molecular weight excluding hydrogens is 865 g/mol. The summed E-state index contributed by atoms with van der Waals surface area (Å²) in [4.78, 5) is 22.8. The van der Waals surface area contributed by atoms with Gasteiger partial charge in [-0.3, -0.25) is 0 Å². The minimum atomic E-state index is 0.728. The number of hydrogen-bond acceptors (Lipinski definition) is 6. The Kier molecular flexibility index (Phi) is 9.85. The van der Waals surface area contributed by atoms with Gasteiger partial charge in [0.25, 0.3) is 0 Å². The smallest absolute Gasteiger partial charge is 0.161 e. The molecule has 0 fully saturated rings. The average Bonchev–Trinajstić information content (AvgIpc) is 4.00. The molecule has 0 atom stereocenters. The molecule has 4 nitrogen and oxygen atoms in total. The van der Waals surface area contributed by atoms with E-state index in [0.717, 1.165) is 88.0 Å². The molecule has 68 heavy (non-hydrogen) atoms. The van der Waals surface area contributed by atoms with Crippen molar-refractivity contribution in [3.63, 3.8) is 0 Å². The maximum Gasteiger partial charge on any atom is 0.161 e. The average molecular weight is 903 g/mol. The lowest BCUT2D eigenvalue weighted by molar-refractivity contribution is 1.24. The van der Waals surface area contributed by atoms with E-state index in [2.05, 4.69) is 218 Å². The molecule has 0 spiro atoms. The van der Waals surface area contributed by atoms with Gasteiger partial charge in [0.15, 0.2) is 11.6 Å². The van der Waals surface area contributed by atoms with Crippen molar-refractivity contribution in [1.29, 1.82) is 0 Å². The number of benzene rings is 9. The van der Waals surface area contributed by atoms with Crippen LogP contribution in [0, 0.1) is 0 Å². The number of fused-ring (bicyclic) bond motifs is 6. The summed E-state index contributed by atoms with van der Waals surface area (Å²) in [5.41, 5.74) is 15.3. The van der Waals surface area contributed by atoms with Crippen molar-refractivity contribution in [2.75, 3.05) is 0 Å². The second kappa shape index (κ2) is 16.8. The molecule has 0 saturated heterocycles. The van der Waals surface area contributed by atoms with E-state index in [1.165, 1.54) is 42.4 Å². The van der Waals surface area contributed by atoms with Crippen LogP contribution in [-0.4, -0.2) is 19.9 Å². The molecule has 6 heteroatoms. The number of thiophene rings is 2. The fraction of sp³-hybridized carbons (Fsp3) is 0. The lowest BCUT2D eigenvalue weighted by Gasteiger charge is -2.10. The van der Waals surface area contributed by atoms with E-state index in [1.54, 1.807) is 22.7 Å². The largest absolute Gasteiger partial charge is 0.227 e. The highest BCUT2D eigenvalue weighted by Gasteiger charge is 2.19. The highest BCUT2D eigenvalue weighted by Crippen LogP contribution is 2.42. The highest BCUT2D eigenvalue weighted by atomic mass is 32.1. The molecule has 4 aromatic heterocycles. The van der Waals surface area contributed by atoms with E-state index in [4.69, 9.17) is 19.9 Å². The van der Waals surface area contributed by atoms with Gasteiger partial charge in [-0.2, -0.15) is 0 Å². The van der Waals surface area contributed by atoms with Crippen LogP contribution in [0.2, 0.25) is 0 Å². The van der Waals surface area contributed by atoms with Crippen molar-refractivity contribution in [1.82, 2.24) is 19.9 Å². The van der Waals surface area contributed by atoms with Gasteiger partial charge < -0.3 is 0 Å². The number of nitrogens with zero attached hydrogens (tertiary/aromatic N) is 4. The van der Waals surface area contributed by atoms with Crippen molar-refractivity contribution in [2.24, 2.45) is 0 Å². The first-order valence-corrected chi connectivity index (χ1v) is 24.3. The number of rotatable bonds is 8. The standard InChI is InChI=1S/C62H38N4S2/c1-3-11-39(12-4-1)41-27-35-49(36-28-41)59-63-57(55-51-15-7-9-17-53(51)67-61(55)65-59)47-31-23-45(24-32-47)43-19-21-44(22-20-43)46-25-33-48(34-26-46)58-56-52-16-8-10-18-54(52)68-62(56)66-60(64-58)50-37-29-42(30-38-50)40-13-5-2-6-14-40/h1-38H. The van der Waals surface area contributed by atoms with Crippen LogP contribution in [0.4, 0.5) is 0 Å². The van der Waals surface area contributed by atoms with Gasteiger partial charge in [0.2, 0.25) is 0 Å². The molecule has 0 unspecified atom stereocenters. The lowest BCUT2D eigenvalue weighted by Crippen LogP contribution is -1.94. The summed E-state index contributed by atoms with van der Waals surface area (Å²) in [5, 5.41) is 4.56. The Hall–Kier alpha value is -8.42. The van der Waals surface area contributed by atoms with Crippen LogP contribution in [-0.2, 0) is 0 Å². The third kappa shape index (κ3) is 7.24. The topological polar surface area (TPSA) is 51.6 Å². The fourth-order valence-corrected chi connectivity index (χ4v) is 11.5. The van der Waals surface area contributed by atoms with Gasteiger partial charge in [-0.1, -0.05) is 218 Å². The zero-order chi connectivity index (χ0) is 45.0. The first-order valence-electron chi connectivity index (χ1n) is 22.7. The molecule has 0 bridgehead atoms. The van der Waals surface area contributed by atoms with Crippen molar-refractivity contribution in [3.8, 4) is 89.8 Å². The van der Waals surface area contributed by atoms with Gasteiger partial charge in [0, 0.05) is 53.2 Å². The Balaban J connectivity index is 0.795. The van der Waals surface area contributed by atoms with Crippen LogP contribution in [0.5, 0.6) is 0 Å². The zero-order valence-corrected chi connectivity index (χ0v) is 38.2. The van der Waals surface area contributed by atoms with Crippen molar-refractivity contribution >= 4 is 63.3 Å². The van der Waals surface area contributed by atoms with Gasteiger partial charge >= 0.3 is 0 Å². The summed E-state index contributed by atoms with van der Waals surface area (Å²) in [5.74, 6) is 1.46. The normalized spacial score (nSPS) is 11.5. The first-order chi connectivity index (χ1) is 33.7. The van der Waals surface area contributed by atoms with Gasteiger partial charge in [0.1, 0.15) is 9.66 Å². The summed E-state index contributed by atoms with van der Waals surface area (Å²) in [7, 11) is 0. The quantitative estimate of drug-likeness (QED) is 0.152. The molecule has 0 aliphatic carbocycles. The lowest BCUT2D eigenvalue weighted by atomic mass is 9.97. The molecule has 318 valence electrons. The minimum Gasteiger partial charge on any atom is -0.227 e. The summed E-state index contributed by atoms with van der Waals surface area (Å²) in [6, 6.07) is 81.6. The fourth-order valence-electron chi connectivity index (χ4n) is 9.30. The zero-order valence-electron chi connectivity index (χ0n) is 36.5. The molecular formula is C62H38N4S2. The second-order valence-electron chi connectivity index (χ2n) is 17.0. The van der Waals surface area contributed by atoms with Crippen molar-refractivity contribution in [3.05, 3.63) is 231 Å². The third-order valence-corrected chi connectivity index (χ3v) is 15.0. The summed E-state index contributed by atoms with van der Waals surface area (Å²) in [6.45, 7) is 0. The Morgan fingerprint density at radius 3 is 0.824 bits per heavy atom. The third-order valence-electron chi connectivity index (χ3n) is 12.8. The van der Waals surface area contributed by atoms with Crippen molar-refractivity contribution < 1.29 is 0 Å². The molecule has 0 aliphatic heterocycles. The van der Waals surface area contributed by atoms with Gasteiger partial charge in [-0.15, -0.1) is 22.7 Å². The van der Waals surface area contributed by atoms with Crippen molar-refractivity contribution in [2.45, 2.75) is 0 Å². The summed E-state index contributed by atoms with van der Waals surface area (Å²) in [6.07, 6.45) is 0.